The Morgan fingerprint density at radius 3 is 2.68 bits per heavy atom. The van der Waals surface area contributed by atoms with Gasteiger partial charge in [-0.1, -0.05) is 0 Å². The number of hydrogen-bond acceptors (Lipinski definition) is 4. The number of nitrogens with zero attached hydrogens (tertiary/aromatic N) is 1. The summed E-state index contributed by atoms with van der Waals surface area (Å²) in [5, 5.41) is 5.30. The first-order valence-electron chi connectivity index (χ1n) is 6.08. The second-order valence-electron chi connectivity index (χ2n) is 4.35. The van der Waals surface area contributed by atoms with E-state index >= 15 is 0 Å². The van der Waals surface area contributed by atoms with Crippen LogP contribution < -0.4 is 21.3 Å². The van der Waals surface area contributed by atoms with Crippen LogP contribution in [-0.2, 0) is 4.79 Å². The first-order valence-corrected chi connectivity index (χ1v) is 6.08. The van der Waals surface area contributed by atoms with Crippen molar-refractivity contribution in [1.29, 1.82) is 0 Å². The maximum absolute atomic E-state index is 11.8. The van der Waals surface area contributed by atoms with Crippen molar-refractivity contribution in [3.05, 3.63) is 23.8 Å². The Balaban J connectivity index is 2.53. The van der Waals surface area contributed by atoms with Gasteiger partial charge in [0.15, 0.2) is 0 Å². The number of benzene rings is 1. The highest BCUT2D eigenvalue weighted by Crippen LogP contribution is 2.22. The average molecular weight is 264 g/mol. The van der Waals surface area contributed by atoms with Gasteiger partial charge in [-0.3, -0.25) is 9.59 Å². The third-order valence-corrected chi connectivity index (χ3v) is 2.64. The standard InChI is InChI=1S/C13H20N4O2/c1-17(2)12-5-4-10(8-11(12)14)13(19)16-7-3-6-15-9-18/h4-5,8-9H,3,6-7,14H2,1-2H3,(H,15,18)(H,16,19). The minimum atomic E-state index is -0.164. The van der Waals surface area contributed by atoms with Crippen LogP contribution in [0.5, 0.6) is 0 Å². The Labute approximate surface area is 113 Å². The average Bonchev–Trinajstić information content (AvgIpc) is 2.37. The molecule has 0 aliphatic carbocycles. The minimum Gasteiger partial charge on any atom is -0.397 e. The predicted molar refractivity (Wildman–Crippen MR) is 76.2 cm³/mol. The van der Waals surface area contributed by atoms with Gasteiger partial charge < -0.3 is 21.3 Å². The van der Waals surface area contributed by atoms with E-state index in [1.807, 2.05) is 25.1 Å². The first-order chi connectivity index (χ1) is 9.06. The first kappa shape index (κ1) is 14.8. The summed E-state index contributed by atoms with van der Waals surface area (Å²) < 4.78 is 0. The Kier molecular flexibility index (Phi) is 5.66. The molecule has 4 N–H and O–H groups in total. The second-order valence-corrected chi connectivity index (χ2v) is 4.35. The van der Waals surface area contributed by atoms with Crippen molar-refractivity contribution in [2.75, 3.05) is 37.8 Å². The van der Waals surface area contributed by atoms with Crippen LogP contribution in [0.15, 0.2) is 18.2 Å². The zero-order valence-corrected chi connectivity index (χ0v) is 11.3. The molecule has 1 aromatic rings. The van der Waals surface area contributed by atoms with Crippen molar-refractivity contribution >= 4 is 23.7 Å². The Morgan fingerprint density at radius 2 is 2.11 bits per heavy atom. The molecule has 0 radical (unpaired) electrons. The highest BCUT2D eigenvalue weighted by atomic mass is 16.1. The van der Waals surface area contributed by atoms with E-state index in [-0.39, 0.29) is 5.91 Å². The van der Waals surface area contributed by atoms with E-state index in [1.54, 1.807) is 12.1 Å². The fourth-order valence-corrected chi connectivity index (χ4v) is 1.66. The molecule has 6 heteroatoms. The zero-order chi connectivity index (χ0) is 14.3. The Bertz CT molecular complexity index is 446. The molecule has 1 aromatic carbocycles. The summed E-state index contributed by atoms with van der Waals surface area (Å²) in [6.07, 6.45) is 1.33. The molecule has 0 spiro atoms. The van der Waals surface area contributed by atoms with Gasteiger partial charge in [0, 0.05) is 32.7 Å². The lowest BCUT2D eigenvalue weighted by atomic mass is 10.1. The lowest BCUT2D eigenvalue weighted by Crippen LogP contribution is -2.27. The van der Waals surface area contributed by atoms with Crippen LogP contribution in [0, 0.1) is 0 Å². The molecule has 0 unspecified atom stereocenters. The van der Waals surface area contributed by atoms with Crippen LogP contribution >= 0.6 is 0 Å². The Morgan fingerprint density at radius 1 is 1.37 bits per heavy atom. The number of rotatable bonds is 7. The molecule has 0 bridgehead atoms. The summed E-state index contributed by atoms with van der Waals surface area (Å²) in [7, 11) is 3.79. The number of nitrogens with one attached hydrogen (secondary N) is 2. The van der Waals surface area contributed by atoms with Crippen LogP contribution in [-0.4, -0.2) is 39.5 Å². The van der Waals surface area contributed by atoms with Crippen LogP contribution in [0.3, 0.4) is 0 Å². The normalized spacial score (nSPS) is 9.79. The highest BCUT2D eigenvalue weighted by Gasteiger charge is 2.08. The van der Waals surface area contributed by atoms with E-state index < -0.39 is 0 Å². The third kappa shape index (κ3) is 4.50. The van der Waals surface area contributed by atoms with E-state index in [0.717, 1.165) is 5.69 Å². The second kappa shape index (κ2) is 7.25. The third-order valence-electron chi connectivity index (χ3n) is 2.64. The molecule has 19 heavy (non-hydrogen) atoms. The van der Waals surface area contributed by atoms with E-state index in [0.29, 0.717) is 37.2 Å². The summed E-state index contributed by atoms with van der Waals surface area (Å²) in [4.78, 5) is 23.8. The summed E-state index contributed by atoms with van der Waals surface area (Å²) in [6.45, 7) is 1.06. The number of anilines is 2. The predicted octanol–water partition coefficient (Wildman–Crippen LogP) is 0.201. The van der Waals surface area contributed by atoms with Gasteiger partial charge in [0.25, 0.3) is 5.91 Å². The lowest BCUT2D eigenvalue weighted by molar-refractivity contribution is -0.109. The fraction of sp³-hybridized carbons (Fsp3) is 0.385. The molecule has 0 fully saturated rings. The molecule has 0 saturated heterocycles. The van der Waals surface area contributed by atoms with Crippen molar-refractivity contribution in [3.8, 4) is 0 Å². The van der Waals surface area contributed by atoms with Crippen LogP contribution in [0.25, 0.3) is 0 Å². The minimum absolute atomic E-state index is 0.164. The number of nitrogen functional groups attached to an aromatic ring is 1. The van der Waals surface area contributed by atoms with Gasteiger partial charge in [-0.2, -0.15) is 0 Å². The zero-order valence-electron chi connectivity index (χ0n) is 11.3. The smallest absolute Gasteiger partial charge is 0.251 e. The number of nitrogens with two attached hydrogens (primary N) is 1. The molecule has 104 valence electrons. The fourth-order valence-electron chi connectivity index (χ4n) is 1.66. The highest BCUT2D eigenvalue weighted by molar-refractivity contribution is 5.96. The largest absolute Gasteiger partial charge is 0.397 e. The molecule has 0 heterocycles. The van der Waals surface area contributed by atoms with Crippen LogP contribution in [0.4, 0.5) is 11.4 Å². The maximum atomic E-state index is 11.8. The van der Waals surface area contributed by atoms with E-state index in [2.05, 4.69) is 10.6 Å². The quantitative estimate of drug-likeness (QED) is 0.373. The van der Waals surface area contributed by atoms with Gasteiger partial charge in [-0.05, 0) is 24.6 Å². The molecule has 2 amide bonds. The van der Waals surface area contributed by atoms with Crippen molar-refractivity contribution in [1.82, 2.24) is 10.6 Å². The summed E-state index contributed by atoms with van der Waals surface area (Å²) in [5.41, 5.74) is 7.87. The lowest BCUT2D eigenvalue weighted by Gasteiger charge is -2.15. The monoisotopic (exact) mass is 264 g/mol. The molecule has 0 aliphatic rings. The molecule has 0 aromatic heterocycles. The van der Waals surface area contributed by atoms with Crippen LogP contribution in [0.2, 0.25) is 0 Å². The molecular formula is C13H20N4O2. The topological polar surface area (TPSA) is 87.5 Å². The molecule has 0 atom stereocenters. The SMILES string of the molecule is CN(C)c1ccc(C(=O)NCCCNC=O)cc1N. The van der Waals surface area contributed by atoms with Gasteiger partial charge in [-0.15, -0.1) is 0 Å². The van der Waals surface area contributed by atoms with Crippen molar-refractivity contribution < 1.29 is 9.59 Å². The van der Waals surface area contributed by atoms with Crippen molar-refractivity contribution in [3.63, 3.8) is 0 Å². The van der Waals surface area contributed by atoms with Gasteiger partial charge >= 0.3 is 0 Å². The number of carbonyl (C=O) groups excluding carboxylic acids is 2. The number of carbonyl (C=O) groups is 2. The van der Waals surface area contributed by atoms with Gasteiger partial charge in [-0.25, -0.2) is 0 Å². The molecule has 6 nitrogen and oxygen atoms in total. The summed E-state index contributed by atoms with van der Waals surface area (Å²) >= 11 is 0. The van der Waals surface area contributed by atoms with Crippen molar-refractivity contribution in [2.45, 2.75) is 6.42 Å². The molecule has 1 rings (SSSR count). The summed E-state index contributed by atoms with van der Waals surface area (Å²) in [5.74, 6) is -0.164. The van der Waals surface area contributed by atoms with E-state index in [4.69, 9.17) is 5.73 Å². The van der Waals surface area contributed by atoms with Gasteiger partial charge in [0.1, 0.15) is 0 Å². The summed E-state index contributed by atoms with van der Waals surface area (Å²) in [6, 6.07) is 5.22. The van der Waals surface area contributed by atoms with Gasteiger partial charge in [0.05, 0.1) is 11.4 Å². The van der Waals surface area contributed by atoms with E-state index in [9.17, 15) is 9.59 Å². The van der Waals surface area contributed by atoms with E-state index in [1.165, 1.54) is 0 Å². The molecule has 0 aliphatic heterocycles. The molecular weight excluding hydrogens is 244 g/mol. The number of amides is 2. The maximum Gasteiger partial charge on any atom is 0.251 e. The van der Waals surface area contributed by atoms with Gasteiger partial charge in [0.2, 0.25) is 6.41 Å². The van der Waals surface area contributed by atoms with Crippen LogP contribution in [0.1, 0.15) is 16.8 Å². The number of hydrogen-bond donors (Lipinski definition) is 3. The molecule has 0 saturated carbocycles. The Hall–Kier alpha value is -2.24. The van der Waals surface area contributed by atoms with Crippen molar-refractivity contribution in [2.24, 2.45) is 0 Å².